The maximum absolute atomic E-state index is 5.61. The molecule has 0 fully saturated rings. The zero-order chi connectivity index (χ0) is 11.1. The molecule has 0 heterocycles. The van der Waals surface area contributed by atoms with Crippen LogP contribution < -0.4 is 5.73 Å². The Morgan fingerprint density at radius 2 is 1.87 bits per heavy atom. The Bertz CT molecular complexity index is 266. The second kappa shape index (κ2) is 6.46. The summed E-state index contributed by atoms with van der Waals surface area (Å²) >= 11 is 0. The zero-order valence-corrected chi connectivity index (χ0v) is 9.70. The van der Waals surface area contributed by atoms with Gasteiger partial charge in [-0.3, -0.25) is 0 Å². The van der Waals surface area contributed by atoms with Gasteiger partial charge in [0, 0.05) is 18.9 Å². The molecule has 1 aromatic rings. The van der Waals surface area contributed by atoms with Crippen molar-refractivity contribution >= 4 is 5.69 Å². The van der Waals surface area contributed by atoms with Crippen LogP contribution in [0, 0.1) is 5.92 Å². The van der Waals surface area contributed by atoms with Gasteiger partial charge in [0.1, 0.15) is 0 Å². The molecule has 0 atom stereocenters. The Kier molecular flexibility index (Phi) is 5.19. The first-order valence-electron chi connectivity index (χ1n) is 5.60. The molecule has 0 aliphatic rings. The Balaban J connectivity index is 2.12. The van der Waals surface area contributed by atoms with Gasteiger partial charge in [0.15, 0.2) is 0 Å². The van der Waals surface area contributed by atoms with Crippen molar-refractivity contribution in [3.63, 3.8) is 0 Å². The lowest BCUT2D eigenvalue weighted by Crippen LogP contribution is -2.03. The van der Waals surface area contributed by atoms with Crippen LogP contribution in [0.4, 0.5) is 5.69 Å². The fourth-order valence-electron chi connectivity index (χ4n) is 1.38. The van der Waals surface area contributed by atoms with Gasteiger partial charge in [-0.05, 0) is 36.5 Å². The molecule has 0 saturated heterocycles. The third-order valence-corrected chi connectivity index (χ3v) is 2.19. The lowest BCUT2D eigenvalue weighted by Gasteiger charge is -2.06. The summed E-state index contributed by atoms with van der Waals surface area (Å²) in [4.78, 5) is 0. The predicted octanol–water partition coefficient (Wildman–Crippen LogP) is 2.87. The Hall–Kier alpha value is -1.02. The minimum absolute atomic E-state index is 0.626. The standard InChI is InChI=1S/C13H21NO/c1-11(2)10-15-9-3-4-12-5-7-13(14)8-6-12/h5-8,11H,3-4,9-10,14H2,1-2H3. The Morgan fingerprint density at radius 1 is 1.20 bits per heavy atom. The van der Waals surface area contributed by atoms with E-state index < -0.39 is 0 Å². The molecule has 1 aromatic carbocycles. The number of anilines is 1. The molecular formula is C13H21NO. The second-order valence-corrected chi connectivity index (χ2v) is 4.31. The van der Waals surface area contributed by atoms with Crippen LogP contribution in [-0.4, -0.2) is 13.2 Å². The van der Waals surface area contributed by atoms with Crippen LogP contribution in [0.25, 0.3) is 0 Å². The molecule has 0 aliphatic carbocycles. The molecule has 0 radical (unpaired) electrons. The van der Waals surface area contributed by atoms with Crippen LogP contribution in [0.5, 0.6) is 0 Å². The van der Waals surface area contributed by atoms with E-state index in [1.54, 1.807) is 0 Å². The van der Waals surface area contributed by atoms with E-state index in [1.165, 1.54) is 5.56 Å². The monoisotopic (exact) mass is 207 g/mol. The van der Waals surface area contributed by atoms with Crippen LogP contribution in [-0.2, 0) is 11.2 Å². The van der Waals surface area contributed by atoms with E-state index >= 15 is 0 Å². The molecule has 0 bridgehead atoms. The number of hydrogen-bond donors (Lipinski definition) is 1. The highest BCUT2D eigenvalue weighted by atomic mass is 16.5. The first kappa shape index (κ1) is 12.1. The van der Waals surface area contributed by atoms with Crippen LogP contribution >= 0.6 is 0 Å². The lowest BCUT2D eigenvalue weighted by atomic mass is 10.1. The number of rotatable bonds is 6. The normalized spacial score (nSPS) is 10.9. The number of nitrogens with two attached hydrogens (primary N) is 1. The maximum atomic E-state index is 5.61. The second-order valence-electron chi connectivity index (χ2n) is 4.31. The minimum Gasteiger partial charge on any atom is -0.399 e. The summed E-state index contributed by atoms with van der Waals surface area (Å²) in [6, 6.07) is 8.06. The SMILES string of the molecule is CC(C)COCCCc1ccc(N)cc1. The van der Waals surface area contributed by atoms with Crippen molar-refractivity contribution in [3.05, 3.63) is 29.8 Å². The Morgan fingerprint density at radius 3 is 2.47 bits per heavy atom. The topological polar surface area (TPSA) is 35.2 Å². The molecule has 0 aliphatic heterocycles. The number of nitrogen functional groups attached to an aromatic ring is 1. The van der Waals surface area contributed by atoms with Gasteiger partial charge in [-0.1, -0.05) is 26.0 Å². The molecule has 84 valence electrons. The van der Waals surface area contributed by atoms with Crippen molar-refractivity contribution in [3.8, 4) is 0 Å². The number of benzene rings is 1. The maximum Gasteiger partial charge on any atom is 0.0488 e. The van der Waals surface area contributed by atoms with E-state index in [4.69, 9.17) is 10.5 Å². The summed E-state index contributed by atoms with van der Waals surface area (Å²) < 4.78 is 5.52. The van der Waals surface area contributed by atoms with Crippen molar-refractivity contribution in [2.75, 3.05) is 18.9 Å². The summed E-state index contributed by atoms with van der Waals surface area (Å²) in [5.74, 6) is 0.626. The van der Waals surface area contributed by atoms with Crippen molar-refractivity contribution < 1.29 is 4.74 Å². The molecule has 0 aromatic heterocycles. The van der Waals surface area contributed by atoms with E-state index in [1.807, 2.05) is 12.1 Å². The van der Waals surface area contributed by atoms with Gasteiger partial charge in [-0.15, -0.1) is 0 Å². The van der Waals surface area contributed by atoms with Gasteiger partial charge in [0.05, 0.1) is 0 Å². The van der Waals surface area contributed by atoms with Gasteiger partial charge < -0.3 is 10.5 Å². The van der Waals surface area contributed by atoms with Crippen molar-refractivity contribution in [2.45, 2.75) is 26.7 Å². The van der Waals surface area contributed by atoms with Crippen LogP contribution in [0.3, 0.4) is 0 Å². The molecule has 15 heavy (non-hydrogen) atoms. The molecule has 1 rings (SSSR count). The van der Waals surface area contributed by atoms with E-state index in [0.29, 0.717) is 5.92 Å². The van der Waals surface area contributed by atoms with Gasteiger partial charge in [0.25, 0.3) is 0 Å². The molecule has 2 nitrogen and oxygen atoms in total. The van der Waals surface area contributed by atoms with Crippen LogP contribution in [0.1, 0.15) is 25.8 Å². The lowest BCUT2D eigenvalue weighted by molar-refractivity contribution is 0.108. The number of aryl methyl sites for hydroxylation is 1. The van der Waals surface area contributed by atoms with Crippen molar-refractivity contribution in [1.29, 1.82) is 0 Å². The minimum atomic E-state index is 0.626. The van der Waals surface area contributed by atoms with Gasteiger partial charge in [-0.2, -0.15) is 0 Å². The highest BCUT2D eigenvalue weighted by Gasteiger charge is 1.95. The summed E-state index contributed by atoms with van der Waals surface area (Å²) in [7, 11) is 0. The van der Waals surface area contributed by atoms with E-state index in [2.05, 4.69) is 26.0 Å². The highest BCUT2D eigenvalue weighted by Crippen LogP contribution is 2.07. The fourth-order valence-corrected chi connectivity index (χ4v) is 1.38. The van der Waals surface area contributed by atoms with E-state index in [-0.39, 0.29) is 0 Å². The zero-order valence-electron chi connectivity index (χ0n) is 9.70. The van der Waals surface area contributed by atoms with Crippen LogP contribution in [0.15, 0.2) is 24.3 Å². The smallest absolute Gasteiger partial charge is 0.0488 e. The van der Waals surface area contributed by atoms with Crippen molar-refractivity contribution in [1.82, 2.24) is 0 Å². The molecule has 0 saturated carbocycles. The van der Waals surface area contributed by atoms with E-state index in [9.17, 15) is 0 Å². The average molecular weight is 207 g/mol. The van der Waals surface area contributed by atoms with Gasteiger partial charge in [0.2, 0.25) is 0 Å². The number of hydrogen-bond acceptors (Lipinski definition) is 2. The van der Waals surface area contributed by atoms with Gasteiger partial charge >= 0.3 is 0 Å². The Labute approximate surface area is 92.4 Å². The molecular weight excluding hydrogens is 186 g/mol. The summed E-state index contributed by atoms with van der Waals surface area (Å²) in [5.41, 5.74) is 7.77. The largest absolute Gasteiger partial charge is 0.399 e. The molecule has 0 unspecified atom stereocenters. The quantitative estimate of drug-likeness (QED) is 0.575. The van der Waals surface area contributed by atoms with Crippen molar-refractivity contribution in [2.24, 2.45) is 5.92 Å². The first-order valence-corrected chi connectivity index (χ1v) is 5.60. The summed E-state index contributed by atoms with van der Waals surface area (Å²) in [6.07, 6.45) is 2.15. The highest BCUT2D eigenvalue weighted by molar-refractivity contribution is 5.39. The molecule has 2 N–H and O–H groups in total. The third-order valence-electron chi connectivity index (χ3n) is 2.19. The predicted molar refractivity (Wildman–Crippen MR) is 64.8 cm³/mol. The molecule has 2 heteroatoms. The summed E-state index contributed by atoms with van der Waals surface area (Å²) in [6.45, 7) is 6.05. The average Bonchev–Trinajstić information content (AvgIpc) is 2.20. The fraction of sp³-hybridized carbons (Fsp3) is 0.538. The number of ether oxygens (including phenoxy) is 1. The third kappa shape index (κ3) is 5.43. The van der Waals surface area contributed by atoms with Gasteiger partial charge in [-0.25, -0.2) is 0 Å². The molecule has 0 amide bonds. The van der Waals surface area contributed by atoms with E-state index in [0.717, 1.165) is 31.7 Å². The summed E-state index contributed by atoms with van der Waals surface area (Å²) in [5, 5.41) is 0. The first-order chi connectivity index (χ1) is 7.18. The van der Waals surface area contributed by atoms with Crippen LogP contribution in [0.2, 0.25) is 0 Å². The molecule has 0 spiro atoms.